The highest BCUT2D eigenvalue weighted by Crippen LogP contribution is 2.33. The Morgan fingerprint density at radius 3 is 2.58 bits per heavy atom. The highest BCUT2D eigenvalue weighted by molar-refractivity contribution is 7.89. The largest absolute Gasteiger partial charge is 0.573 e. The average molecular weight is 550 g/mol. The molecular weight excluding hydrogens is 531 g/mol. The van der Waals surface area contributed by atoms with Crippen LogP contribution in [0.1, 0.15) is 0 Å². The van der Waals surface area contributed by atoms with Gasteiger partial charge in [-0.2, -0.15) is 9.29 Å². The van der Waals surface area contributed by atoms with Gasteiger partial charge in [0, 0.05) is 26.2 Å². The van der Waals surface area contributed by atoms with Crippen molar-refractivity contribution in [1.82, 2.24) is 24.7 Å². The van der Waals surface area contributed by atoms with Gasteiger partial charge in [-0.3, -0.25) is 4.79 Å². The van der Waals surface area contributed by atoms with E-state index in [9.17, 15) is 31.5 Å². The number of anilines is 2. The van der Waals surface area contributed by atoms with E-state index in [0.29, 0.717) is 15.6 Å². The van der Waals surface area contributed by atoms with Crippen molar-refractivity contribution < 1.29 is 41.3 Å². The lowest BCUT2D eigenvalue weighted by Gasteiger charge is -2.38. The molecule has 1 aliphatic rings. The number of piperazine rings is 1. The number of carboxylic acid groups (broad SMARTS) is 1. The molecule has 0 aliphatic carbocycles. The predicted molar refractivity (Wildman–Crippen MR) is 119 cm³/mol. The molecule has 0 spiro atoms. The summed E-state index contributed by atoms with van der Waals surface area (Å²) < 4.78 is 68.5. The third-order valence-electron chi connectivity index (χ3n) is 5.05. The van der Waals surface area contributed by atoms with Gasteiger partial charge in [-0.1, -0.05) is 11.3 Å². The highest BCUT2D eigenvalue weighted by atomic mass is 32.2. The standard InChI is InChI=1S/C18H18F3N7O6S2/c19-18(20,21)34-10-1-3-11(4-2-10)36(32,33)28-7-6-27(9-12(28)16(30)31)17-23-15-13(35-17)14(22-5-8-29)24-26-25-15/h1-4,12,29H,5-9H2,(H,30,31)(H,22,24,25)/t12-/m1/s1. The Morgan fingerprint density at radius 2 is 1.94 bits per heavy atom. The number of sulfonamides is 1. The van der Waals surface area contributed by atoms with Crippen LogP contribution in [0, 0.1) is 0 Å². The van der Waals surface area contributed by atoms with Crippen molar-refractivity contribution in [3.63, 3.8) is 0 Å². The van der Waals surface area contributed by atoms with E-state index in [1.54, 1.807) is 4.90 Å². The number of benzene rings is 1. The molecule has 3 heterocycles. The van der Waals surface area contributed by atoms with E-state index < -0.39 is 34.1 Å². The van der Waals surface area contributed by atoms with Crippen LogP contribution in [0.5, 0.6) is 5.75 Å². The van der Waals surface area contributed by atoms with Crippen molar-refractivity contribution in [2.75, 3.05) is 43.0 Å². The molecule has 18 heteroatoms. The Bertz CT molecular complexity index is 1350. The summed E-state index contributed by atoms with van der Waals surface area (Å²) in [5, 5.41) is 33.4. The number of aliphatic carboxylic acids is 1. The van der Waals surface area contributed by atoms with Gasteiger partial charge in [-0.05, 0) is 29.5 Å². The van der Waals surface area contributed by atoms with Crippen LogP contribution in [0.15, 0.2) is 29.2 Å². The molecule has 1 saturated heterocycles. The zero-order valence-electron chi connectivity index (χ0n) is 18.1. The van der Waals surface area contributed by atoms with Gasteiger partial charge in [0.2, 0.25) is 10.0 Å². The lowest BCUT2D eigenvalue weighted by atomic mass is 10.2. The summed E-state index contributed by atoms with van der Waals surface area (Å²) in [5.41, 5.74) is 0.244. The maximum atomic E-state index is 13.1. The molecule has 0 saturated carbocycles. The molecule has 0 amide bonds. The molecule has 1 atom stereocenters. The van der Waals surface area contributed by atoms with E-state index in [1.807, 2.05) is 0 Å². The molecular formula is C18H18F3N7O6S2. The van der Waals surface area contributed by atoms with Gasteiger partial charge in [-0.15, -0.1) is 23.4 Å². The number of ether oxygens (including phenoxy) is 1. The summed E-state index contributed by atoms with van der Waals surface area (Å²) in [5.74, 6) is -1.68. The van der Waals surface area contributed by atoms with E-state index in [0.717, 1.165) is 39.9 Å². The van der Waals surface area contributed by atoms with Crippen LogP contribution < -0.4 is 15.0 Å². The Kier molecular flexibility index (Phi) is 7.12. The van der Waals surface area contributed by atoms with Gasteiger partial charge in [0.15, 0.2) is 16.6 Å². The number of alkyl halides is 3. The predicted octanol–water partition coefficient (Wildman–Crippen LogP) is 0.748. The van der Waals surface area contributed by atoms with Crippen molar-refractivity contribution in [1.29, 1.82) is 0 Å². The molecule has 194 valence electrons. The number of aliphatic hydroxyl groups is 1. The number of aliphatic hydroxyl groups excluding tert-OH is 1. The molecule has 36 heavy (non-hydrogen) atoms. The van der Waals surface area contributed by atoms with Crippen LogP contribution in [-0.4, -0.2) is 94.5 Å². The number of nitrogens with zero attached hydrogens (tertiary/aromatic N) is 6. The number of aromatic nitrogens is 4. The number of thiazole rings is 1. The van der Waals surface area contributed by atoms with Crippen LogP contribution in [0.4, 0.5) is 24.1 Å². The lowest BCUT2D eigenvalue weighted by Crippen LogP contribution is -2.58. The summed E-state index contributed by atoms with van der Waals surface area (Å²) >= 11 is 1.14. The minimum atomic E-state index is -4.94. The van der Waals surface area contributed by atoms with Crippen molar-refractivity contribution in [3.05, 3.63) is 24.3 Å². The van der Waals surface area contributed by atoms with Crippen molar-refractivity contribution in [3.8, 4) is 5.75 Å². The fourth-order valence-electron chi connectivity index (χ4n) is 3.48. The Balaban J connectivity index is 1.56. The molecule has 3 N–H and O–H groups in total. The van der Waals surface area contributed by atoms with Crippen molar-refractivity contribution >= 4 is 48.6 Å². The molecule has 0 unspecified atom stereocenters. The minimum absolute atomic E-state index is 0.0817. The molecule has 2 aromatic heterocycles. The number of halogens is 3. The van der Waals surface area contributed by atoms with E-state index in [4.69, 9.17) is 5.11 Å². The maximum Gasteiger partial charge on any atom is 0.573 e. The molecule has 0 bridgehead atoms. The average Bonchev–Trinajstić information content (AvgIpc) is 3.26. The SMILES string of the molecule is O=C(O)[C@H]1CN(c2nc3nnnc(NCCO)c3s2)CCN1S(=O)(=O)c1ccc(OC(F)(F)F)cc1. The Morgan fingerprint density at radius 1 is 1.22 bits per heavy atom. The number of fused-ring (bicyclic) bond motifs is 1. The molecule has 1 fully saturated rings. The van der Waals surface area contributed by atoms with Gasteiger partial charge in [0.05, 0.1) is 11.5 Å². The van der Waals surface area contributed by atoms with Gasteiger partial charge in [0.1, 0.15) is 16.5 Å². The molecule has 0 radical (unpaired) electrons. The number of rotatable bonds is 8. The quantitative estimate of drug-likeness (QED) is 0.361. The fraction of sp³-hybridized carbons (Fsp3) is 0.389. The summed E-state index contributed by atoms with van der Waals surface area (Å²) in [7, 11) is -4.36. The van der Waals surface area contributed by atoms with Gasteiger partial charge < -0.3 is 25.2 Å². The van der Waals surface area contributed by atoms with Crippen LogP contribution >= 0.6 is 11.3 Å². The number of hydrogen-bond donors (Lipinski definition) is 3. The Labute approximate surface area is 205 Å². The number of carbonyl (C=O) groups is 1. The second-order valence-electron chi connectivity index (χ2n) is 7.37. The van der Waals surface area contributed by atoms with Crippen LogP contribution in [0.2, 0.25) is 0 Å². The van der Waals surface area contributed by atoms with Crippen LogP contribution in [0.25, 0.3) is 10.3 Å². The normalized spacial score (nSPS) is 17.3. The zero-order chi connectivity index (χ0) is 26.1. The van der Waals surface area contributed by atoms with E-state index >= 15 is 0 Å². The van der Waals surface area contributed by atoms with E-state index in [2.05, 4.69) is 30.4 Å². The van der Waals surface area contributed by atoms with Crippen molar-refractivity contribution in [2.45, 2.75) is 17.3 Å². The summed E-state index contributed by atoms with van der Waals surface area (Å²) in [4.78, 5) is 17.6. The topological polar surface area (TPSA) is 171 Å². The molecule has 13 nitrogen and oxygen atoms in total. The summed E-state index contributed by atoms with van der Waals surface area (Å²) in [6.07, 6.45) is -4.94. The first-order valence-electron chi connectivity index (χ1n) is 10.2. The first kappa shape index (κ1) is 25.7. The summed E-state index contributed by atoms with van der Waals surface area (Å²) in [6, 6.07) is 2.01. The second kappa shape index (κ2) is 9.96. The minimum Gasteiger partial charge on any atom is -0.480 e. The third kappa shape index (κ3) is 5.40. The number of carboxylic acids is 1. The monoisotopic (exact) mass is 549 g/mol. The van der Waals surface area contributed by atoms with Crippen LogP contribution in [-0.2, 0) is 14.8 Å². The lowest BCUT2D eigenvalue weighted by molar-refractivity contribution is -0.274. The fourth-order valence-corrected chi connectivity index (χ4v) is 6.04. The first-order valence-corrected chi connectivity index (χ1v) is 12.5. The summed E-state index contributed by atoms with van der Waals surface area (Å²) in [6.45, 7) is -0.328. The molecule has 1 aromatic carbocycles. The number of nitrogens with one attached hydrogen (secondary N) is 1. The zero-order valence-corrected chi connectivity index (χ0v) is 19.7. The molecule has 1 aliphatic heterocycles. The molecule has 4 rings (SSSR count). The van der Waals surface area contributed by atoms with Gasteiger partial charge in [-0.25, -0.2) is 8.42 Å². The third-order valence-corrected chi connectivity index (χ3v) is 8.09. The van der Waals surface area contributed by atoms with Crippen LogP contribution in [0.3, 0.4) is 0 Å². The highest BCUT2D eigenvalue weighted by Gasteiger charge is 2.41. The number of hydrogen-bond acceptors (Lipinski definition) is 12. The second-order valence-corrected chi connectivity index (χ2v) is 10.2. The molecule has 3 aromatic rings. The Hall–Kier alpha value is -3.35. The maximum absolute atomic E-state index is 13.1. The van der Waals surface area contributed by atoms with Gasteiger partial charge in [0.25, 0.3) is 0 Å². The van der Waals surface area contributed by atoms with Gasteiger partial charge >= 0.3 is 12.3 Å². The van der Waals surface area contributed by atoms with E-state index in [-0.39, 0.29) is 43.3 Å². The van der Waals surface area contributed by atoms with E-state index in [1.165, 1.54) is 0 Å². The van der Waals surface area contributed by atoms with Crippen molar-refractivity contribution in [2.24, 2.45) is 0 Å². The smallest absolute Gasteiger partial charge is 0.480 e. The first-order chi connectivity index (χ1) is 17.0.